The minimum absolute atomic E-state index is 0.0620. The topological polar surface area (TPSA) is 64.4 Å². The lowest BCUT2D eigenvalue weighted by molar-refractivity contribution is 0.0888. The average molecular weight is 349 g/mol. The van der Waals surface area contributed by atoms with Crippen molar-refractivity contribution in [3.63, 3.8) is 0 Å². The largest absolute Gasteiger partial charge is 0.474 e. The Morgan fingerprint density at radius 2 is 2.04 bits per heavy atom. The van der Waals surface area contributed by atoms with Gasteiger partial charge in [0.25, 0.3) is 5.91 Å². The maximum Gasteiger partial charge on any atom is 0.255 e. The van der Waals surface area contributed by atoms with E-state index in [1.165, 1.54) is 0 Å². The number of ether oxygens (including phenoxy) is 1. The van der Waals surface area contributed by atoms with Crippen LogP contribution in [0.15, 0.2) is 28.8 Å². The van der Waals surface area contributed by atoms with Crippen LogP contribution in [0, 0.1) is 13.8 Å². The molecule has 0 saturated heterocycles. The highest BCUT2D eigenvalue weighted by molar-refractivity contribution is 6.30. The molecule has 2 heterocycles. The summed E-state index contributed by atoms with van der Waals surface area (Å²) in [6.45, 7) is 3.66. The van der Waals surface area contributed by atoms with Crippen LogP contribution < -0.4 is 10.1 Å². The molecule has 1 aliphatic carbocycles. The van der Waals surface area contributed by atoms with Crippen molar-refractivity contribution in [3.8, 4) is 5.88 Å². The van der Waals surface area contributed by atoms with E-state index in [0.29, 0.717) is 22.2 Å². The van der Waals surface area contributed by atoms with Gasteiger partial charge in [-0.15, -0.1) is 0 Å². The van der Waals surface area contributed by atoms with Crippen LogP contribution in [0.3, 0.4) is 0 Å². The number of furan rings is 1. The highest BCUT2D eigenvalue weighted by Crippen LogP contribution is 2.24. The molecular weight excluding hydrogens is 328 g/mol. The molecule has 1 saturated carbocycles. The summed E-state index contributed by atoms with van der Waals surface area (Å²) in [6.07, 6.45) is 5.26. The number of halogens is 1. The zero-order valence-corrected chi connectivity index (χ0v) is 14.6. The first kappa shape index (κ1) is 16.8. The number of hydrogen-bond donors (Lipinski definition) is 1. The van der Waals surface area contributed by atoms with Crippen LogP contribution in [-0.2, 0) is 0 Å². The fourth-order valence-electron chi connectivity index (χ4n) is 3.05. The van der Waals surface area contributed by atoms with Gasteiger partial charge in [-0.05, 0) is 51.7 Å². The number of carbonyl (C=O) groups is 1. The molecular formula is C18H21ClN2O3. The number of nitrogens with zero attached hydrogens (tertiary/aromatic N) is 1. The molecule has 1 aliphatic rings. The highest BCUT2D eigenvalue weighted by atomic mass is 35.5. The first-order chi connectivity index (χ1) is 11.5. The van der Waals surface area contributed by atoms with E-state index in [2.05, 4.69) is 10.3 Å². The number of aromatic nitrogens is 1. The van der Waals surface area contributed by atoms with Crippen molar-refractivity contribution in [2.75, 3.05) is 0 Å². The molecule has 1 N–H and O–H groups in total. The second-order valence-electron chi connectivity index (χ2n) is 6.21. The third kappa shape index (κ3) is 4.09. The Bertz CT molecular complexity index is 704. The smallest absolute Gasteiger partial charge is 0.255 e. The molecule has 0 atom stereocenters. The molecule has 3 rings (SSSR count). The summed E-state index contributed by atoms with van der Waals surface area (Å²) in [7, 11) is 0. The molecule has 24 heavy (non-hydrogen) atoms. The number of rotatable bonds is 4. The van der Waals surface area contributed by atoms with E-state index in [1.807, 2.05) is 13.8 Å². The molecule has 6 heteroatoms. The normalized spacial score (nSPS) is 20.6. The van der Waals surface area contributed by atoms with Gasteiger partial charge >= 0.3 is 0 Å². The molecule has 0 aromatic carbocycles. The van der Waals surface area contributed by atoms with Crippen LogP contribution in [0.25, 0.3) is 0 Å². The van der Waals surface area contributed by atoms with Crippen LogP contribution in [0.2, 0.25) is 5.02 Å². The van der Waals surface area contributed by atoms with Crippen molar-refractivity contribution in [2.24, 2.45) is 0 Å². The minimum atomic E-state index is -0.0620. The summed E-state index contributed by atoms with van der Waals surface area (Å²) >= 11 is 5.82. The Morgan fingerprint density at radius 3 is 2.62 bits per heavy atom. The molecule has 0 radical (unpaired) electrons. The van der Waals surface area contributed by atoms with Gasteiger partial charge in [-0.1, -0.05) is 11.6 Å². The second-order valence-corrected chi connectivity index (χ2v) is 6.64. The minimum Gasteiger partial charge on any atom is -0.474 e. The molecule has 0 unspecified atom stereocenters. The summed E-state index contributed by atoms with van der Waals surface area (Å²) in [4.78, 5) is 16.5. The van der Waals surface area contributed by atoms with Gasteiger partial charge < -0.3 is 14.5 Å². The van der Waals surface area contributed by atoms with Gasteiger partial charge in [-0.3, -0.25) is 4.79 Å². The molecule has 0 aliphatic heterocycles. The number of pyridine rings is 1. The zero-order chi connectivity index (χ0) is 17.1. The van der Waals surface area contributed by atoms with E-state index in [9.17, 15) is 4.79 Å². The van der Waals surface area contributed by atoms with Gasteiger partial charge in [0.15, 0.2) is 0 Å². The zero-order valence-electron chi connectivity index (χ0n) is 13.8. The first-order valence-electron chi connectivity index (χ1n) is 8.17. The molecule has 0 spiro atoms. The van der Waals surface area contributed by atoms with E-state index < -0.39 is 0 Å². The van der Waals surface area contributed by atoms with Crippen LogP contribution >= 0.6 is 11.6 Å². The van der Waals surface area contributed by atoms with Crippen molar-refractivity contribution in [3.05, 3.63) is 46.5 Å². The lowest BCUT2D eigenvalue weighted by Gasteiger charge is -2.29. The van der Waals surface area contributed by atoms with Crippen LogP contribution in [-0.4, -0.2) is 23.0 Å². The molecule has 5 nitrogen and oxygen atoms in total. The fraction of sp³-hybridized carbons (Fsp3) is 0.444. The average Bonchev–Trinajstić information content (AvgIpc) is 2.90. The van der Waals surface area contributed by atoms with Gasteiger partial charge in [0, 0.05) is 18.3 Å². The summed E-state index contributed by atoms with van der Waals surface area (Å²) in [6, 6.07) is 5.50. The van der Waals surface area contributed by atoms with E-state index in [4.69, 9.17) is 20.8 Å². The summed E-state index contributed by atoms with van der Waals surface area (Å²) in [5.74, 6) is 1.95. The predicted octanol–water partition coefficient (Wildman–Crippen LogP) is 4.06. The van der Waals surface area contributed by atoms with Crippen molar-refractivity contribution in [1.82, 2.24) is 10.3 Å². The summed E-state index contributed by atoms with van der Waals surface area (Å²) in [5.41, 5.74) is 0.622. The van der Waals surface area contributed by atoms with E-state index in [-0.39, 0.29) is 18.1 Å². The quantitative estimate of drug-likeness (QED) is 0.904. The van der Waals surface area contributed by atoms with Gasteiger partial charge in [0.1, 0.15) is 17.6 Å². The molecule has 0 bridgehead atoms. The van der Waals surface area contributed by atoms with E-state index in [1.54, 1.807) is 24.4 Å². The number of carbonyl (C=O) groups excluding carboxylic acids is 1. The summed E-state index contributed by atoms with van der Waals surface area (Å²) < 4.78 is 11.3. The highest BCUT2D eigenvalue weighted by Gasteiger charge is 2.25. The van der Waals surface area contributed by atoms with Crippen LogP contribution in [0.5, 0.6) is 5.88 Å². The third-order valence-electron chi connectivity index (χ3n) is 4.28. The van der Waals surface area contributed by atoms with Gasteiger partial charge in [0.05, 0.1) is 10.6 Å². The monoisotopic (exact) mass is 348 g/mol. The Labute approximate surface area is 146 Å². The maximum atomic E-state index is 12.3. The lowest BCUT2D eigenvalue weighted by atomic mass is 9.92. The number of aryl methyl sites for hydroxylation is 2. The van der Waals surface area contributed by atoms with Crippen LogP contribution in [0.1, 0.15) is 47.6 Å². The Balaban J connectivity index is 1.49. The fourth-order valence-corrected chi connectivity index (χ4v) is 3.16. The molecule has 1 amide bonds. The van der Waals surface area contributed by atoms with Gasteiger partial charge in [0.2, 0.25) is 5.88 Å². The standard InChI is InChI=1S/C18H21ClN2O3/c1-11-9-16(12(2)23-11)18(22)21-14-4-6-15(7-5-14)24-17-8-3-13(19)10-20-17/h3,8-10,14-15H,4-7H2,1-2H3,(H,21,22). The lowest BCUT2D eigenvalue weighted by Crippen LogP contribution is -2.39. The Morgan fingerprint density at radius 1 is 1.29 bits per heavy atom. The van der Waals surface area contributed by atoms with Crippen molar-refractivity contribution < 1.29 is 13.9 Å². The van der Waals surface area contributed by atoms with Gasteiger partial charge in [-0.25, -0.2) is 4.98 Å². The molecule has 2 aromatic heterocycles. The van der Waals surface area contributed by atoms with E-state index in [0.717, 1.165) is 31.4 Å². The maximum absolute atomic E-state index is 12.3. The Kier molecular flexibility index (Phi) is 5.09. The van der Waals surface area contributed by atoms with Crippen molar-refractivity contribution in [2.45, 2.75) is 51.7 Å². The number of nitrogens with one attached hydrogen (secondary N) is 1. The van der Waals surface area contributed by atoms with Gasteiger partial charge in [-0.2, -0.15) is 0 Å². The molecule has 1 fully saturated rings. The first-order valence-corrected chi connectivity index (χ1v) is 8.55. The predicted molar refractivity (Wildman–Crippen MR) is 91.6 cm³/mol. The van der Waals surface area contributed by atoms with Crippen molar-refractivity contribution >= 4 is 17.5 Å². The van der Waals surface area contributed by atoms with E-state index >= 15 is 0 Å². The van der Waals surface area contributed by atoms with Crippen molar-refractivity contribution in [1.29, 1.82) is 0 Å². The number of hydrogen-bond acceptors (Lipinski definition) is 4. The summed E-state index contributed by atoms with van der Waals surface area (Å²) in [5, 5.41) is 3.69. The number of amides is 1. The third-order valence-corrected chi connectivity index (χ3v) is 4.51. The molecule has 128 valence electrons. The Hall–Kier alpha value is -2.01. The van der Waals surface area contributed by atoms with Crippen LogP contribution in [0.4, 0.5) is 0 Å². The second kappa shape index (κ2) is 7.26. The SMILES string of the molecule is Cc1cc(C(=O)NC2CCC(Oc3ccc(Cl)cn3)CC2)c(C)o1. The molecule has 2 aromatic rings.